The highest BCUT2D eigenvalue weighted by atomic mass is 16.5. The van der Waals surface area contributed by atoms with Crippen LogP contribution in [0.2, 0.25) is 0 Å². The fourth-order valence-corrected chi connectivity index (χ4v) is 2.42. The molecule has 1 amide bonds. The van der Waals surface area contributed by atoms with Crippen molar-refractivity contribution in [1.82, 2.24) is 10.6 Å². The average Bonchev–Trinajstić information content (AvgIpc) is 2.97. The number of hydrogen-bond donors (Lipinski definition) is 2. The van der Waals surface area contributed by atoms with E-state index in [1.54, 1.807) is 14.2 Å². The van der Waals surface area contributed by atoms with Gasteiger partial charge in [-0.2, -0.15) is 0 Å². The van der Waals surface area contributed by atoms with Gasteiger partial charge in [-0.3, -0.25) is 4.79 Å². The van der Waals surface area contributed by atoms with Crippen LogP contribution in [0.25, 0.3) is 0 Å². The molecule has 0 aliphatic carbocycles. The summed E-state index contributed by atoms with van der Waals surface area (Å²) in [4.78, 5) is 11.8. The normalized spacial score (nSPS) is 17.8. The minimum absolute atomic E-state index is 0.0826. The molecule has 2 rings (SSSR count). The summed E-state index contributed by atoms with van der Waals surface area (Å²) >= 11 is 0. The number of carbonyl (C=O) groups is 1. The van der Waals surface area contributed by atoms with Gasteiger partial charge in [0.1, 0.15) is 0 Å². The maximum atomic E-state index is 11.8. The van der Waals surface area contributed by atoms with Crippen LogP contribution in [0.5, 0.6) is 11.5 Å². The van der Waals surface area contributed by atoms with Gasteiger partial charge in [-0.1, -0.05) is 6.07 Å². The number of methoxy groups -OCH3 is 2. The molecule has 0 aromatic heterocycles. The number of carbonyl (C=O) groups excluding carboxylic acids is 1. The van der Waals surface area contributed by atoms with Crippen molar-refractivity contribution in [3.8, 4) is 11.5 Å². The van der Waals surface area contributed by atoms with Crippen molar-refractivity contribution in [3.63, 3.8) is 0 Å². The molecule has 0 bridgehead atoms. The smallest absolute Gasteiger partial charge is 0.221 e. The highest BCUT2D eigenvalue weighted by Gasteiger charge is 2.17. The molecule has 1 atom stereocenters. The molecule has 1 fully saturated rings. The lowest BCUT2D eigenvalue weighted by Gasteiger charge is -2.12. The Balaban J connectivity index is 1.85. The van der Waals surface area contributed by atoms with E-state index in [9.17, 15) is 4.79 Å². The Bertz CT molecular complexity index is 456. The number of benzene rings is 1. The van der Waals surface area contributed by atoms with E-state index in [2.05, 4.69) is 10.6 Å². The van der Waals surface area contributed by atoms with E-state index in [4.69, 9.17) is 9.47 Å². The van der Waals surface area contributed by atoms with Crippen molar-refractivity contribution < 1.29 is 14.3 Å². The van der Waals surface area contributed by atoms with Gasteiger partial charge in [0.05, 0.1) is 14.2 Å². The van der Waals surface area contributed by atoms with Crippen molar-refractivity contribution in [2.75, 3.05) is 20.8 Å². The van der Waals surface area contributed by atoms with E-state index in [1.807, 2.05) is 18.2 Å². The van der Waals surface area contributed by atoms with Crippen molar-refractivity contribution in [1.29, 1.82) is 0 Å². The van der Waals surface area contributed by atoms with Gasteiger partial charge in [-0.05, 0) is 37.1 Å². The average molecular weight is 278 g/mol. The molecule has 1 aliphatic heterocycles. The first-order valence-electron chi connectivity index (χ1n) is 6.94. The van der Waals surface area contributed by atoms with E-state index in [1.165, 1.54) is 0 Å². The van der Waals surface area contributed by atoms with Crippen LogP contribution in [0, 0.1) is 0 Å². The Hall–Kier alpha value is -1.75. The molecule has 1 aromatic rings. The first kappa shape index (κ1) is 14.7. The Morgan fingerprint density at radius 2 is 2.15 bits per heavy atom. The van der Waals surface area contributed by atoms with Crippen LogP contribution in [0.1, 0.15) is 24.8 Å². The summed E-state index contributed by atoms with van der Waals surface area (Å²) in [7, 11) is 3.21. The Morgan fingerprint density at radius 1 is 1.35 bits per heavy atom. The predicted octanol–water partition coefficient (Wildman–Crippen LogP) is 1.46. The fourth-order valence-electron chi connectivity index (χ4n) is 2.42. The molecule has 1 aromatic carbocycles. The van der Waals surface area contributed by atoms with Crippen molar-refractivity contribution in [2.45, 2.75) is 31.8 Å². The van der Waals surface area contributed by atoms with Gasteiger partial charge in [-0.25, -0.2) is 0 Å². The van der Waals surface area contributed by atoms with Crippen LogP contribution in [0.15, 0.2) is 18.2 Å². The summed E-state index contributed by atoms with van der Waals surface area (Å²) < 4.78 is 10.4. The maximum absolute atomic E-state index is 11.8. The topological polar surface area (TPSA) is 59.6 Å². The largest absolute Gasteiger partial charge is 0.493 e. The molecule has 1 saturated heterocycles. The summed E-state index contributed by atoms with van der Waals surface area (Å²) in [6, 6.07) is 5.99. The lowest BCUT2D eigenvalue weighted by Crippen LogP contribution is -2.31. The summed E-state index contributed by atoms with van der Waals surface area (Å²) in [5.41, 5.74) is 0.996. The highest BCUT2D eigenvalue weighted by Crippen LogP contribution is 2.27. The van der Waals surface area contributed by atoms with Crippen molar-refractivity contribution in [3.05, 3.63) is 23.8 Å². The summed E-state index contributed by atoms with van der Waals surface area (Å²) in [6.07, 6.45) is 2.80. The molecule has 110 valence electrons. The van der Waals surface area contributed by atoms with Gasteiger partial charge in [0.25, 0.3) is 0 Å². The van der Waals surface area contributed by atoms with Gasteiger partial charge in [-0.15, -0.1) is 0 Å². The minimum atomic E-state index is 0.0826. The molecule has 2 N–H and O–H groups in total. The minimum Gasteiger partial charge on any atom is -0.493 e. The summed E-state index contributed by atoms with van der Waals surface area (Å²) in [5.74, 6) is 1.45. The van der Waals surface area contributed by atoms with Crippen LogP contribution < -0.4 is 20.1 Å². The third-order valence-electron chi connectivity index (χ3n) is 3.53. The lowest BCUT2D eigenvalue weighted by molar-refractivity contribution is -0.121. The van der Waals surface area contributed by atoms with Crippen LogP contribution in [0.4, 0.5) is 0 Å². The third-order valence-corrected chi connectivity index (χ3v) is 3.53. The van der Waals surface area contributed by atoms with Gasteiger partial charge in [0.2, 0.25) is 5.91 Å². The molecule has 0 saturated carbocycles. The number of ether oxygens (including phenoxy) is 2. The van der Waals surface area contributed by atoms with E-state index in [-0.39, 0.29) is 5.91 Å². The Morgan fingerprint density at radius 3 is 2.80 bits per heavy atom. The molecule has 20 heavy (non-hydrogen) atoms. The van der Waals surface area contributed by atoms with E-state index < -0.39 is 0 Å². The van der Waals surface area contributed by atoms with E-state index in [0.29, 0.717) is 30.5 Å². The molecule has 0 unspecified atom stereocenters. The number of nitrogens with one attached hydrogen (secondary N) is 2. The van der Waals surface area contributed by atoms with E-state index in [0.717, 1.165) is 24.9 Å². The Kier molecular flexibility index (Phi) is 5.24. The van der Waals surface area contributed by atoms with Crippen LogP contribution in [-0.2, 0) is 11.3 Å². The zero-order valence-corrected chi connectivity index (χ0v) is 12.1. The molecular formula is C15H22N2O3. The molecule has 0 radical (unpaired) electrons. The molecule has 1 heterocycles. The number of rotatable bonds is 6. The second-order valence-electron chi connectivity index (χ2n) is 4.96. The molecule has 1 aliphatic rings. The Labute approximate surface area is 119 Å². The van der Waals surface area contributed by atoms with Crippen LogP contribution >= 0.6 is 0 Å². The zero-order valence-electron chi connectivity index (χ0n) is 12.1. The molecular weight excluding hydrogens is 256 g/mol. The first-order chi connectivity index (χ1) is 9.72. The van der Waals surface area contributed by atoms with Crippen molar-refractivity contribution >= 4 is 5.91 Å². The second-order valence-corrected chi connectivity index (χ2v) is 4.96. The first-order valence-corrected chi connectivity index (χ1v) is 6.94. The quantitative estimate of drug-likeness (QED) is 0.827. The lowest BCUT2D eigenvalue weighted by atomic mass is 10.1. The predicted molar refractivity (Wildman–Crippen MR) is 77.0 cm³/mol. The van der Waals surface area contributed by atoms with Crippen LogP contribution in [0.3, 0.4) is 0 Å². The van der Waals surface area contributed by atoms with Crippen molar-refractivity contribution in [2.24, 2.45) is 0 Å². The maximum Gasteiger partial charge on any atom is 0.221 e. The number of amides is 1. The molecule has 5 nitrogen and oxygen atoms in total. The van der Waals surface area contributed by atoms with Crippen LogP contribution in [-0.4, -0.2) is 32.7 Å². The van der Waals surface area contributed by atoms with Gasteiger partial charge in [0.15, 0.2) is 11.5 Å². The summed E-state index contributed by atoms with van der Waals surface area (Å²) in [6.45, 7) is 1.53. The second kappa shape index (κ2) is 7.14. The summed E-state index contributed by atoms with van der Waals surface area (Å²) in [5, 5.41) is 6.26. The monoisotopic (exact) mass is 278 g/mol. The van der Waals surface area contributed by atoms with Gasteiger partial charge < -0.3 is 20.1 Å². The van der Waals surface area contributed by atoms with E-state index >= 15 is 0 Å². The zero-order chi connectivity index (χ0) is 14.4. The standard InChI is InChI=1S/C15H22N2O3/c1-19-13-6-5-11(8-14(13)20-2)10-17-15(18)9-12-4-3-7-16-12/h5-6,8,12,16H,3-4,7,9-10H2,1-2H3,(H,17,18)/t12-/m1/s1. The number of hydrogen-bond acceptors (Lipinski definition) is 4. The van der Waals surface area contributed by atoms with Gasteiger partial charge in [0, 0.05) is 19.0 Å². The third kappa shape index (κ3) is 3.87. The SMILES string of the molecule is COc1ccc(CNC(=O)C[C@H]2CCCN2)cc1OC. The molecule has 5 heteroatoms. The van der Waals surface area contributed by atoms with Gasteiger partial charge >= 0.3 is 0 Å². The molecule has 0 spiro atoms. The fraction of sp³-hybridized carbons (Fsp3) is 0.533. The highest BCUT2D eigenvalue weighted by molar-refractivity contribution is 5.76.